The average molecular weight is 457 g/mol. The number of halogens is 4. The summed E-state index contributed by atoms with van der Waals surface area (Å²) in [5.74, 6) is -0.768. The predicted octanol–water partition coefficient (Wildman–Crippen LogP) is 5.09. The first kappa shape index (κ1) is 21.3. The molecule has 0 aliphatic heterocycles. The molecule has 1 aromatic carbocycles. The van der Waals surface area contributed by atoms with Crippen molar-refractivity contribution in [2.75, 3.05) is 5.32 Å². The fourth-order valence-electron chi connectivity index (χ4n) is 2.28. The fraction of sp³-hybridized carbons (Fsp3) is 0.111. The van der Waals surface area contributed by atoms with Crippen molar-refractivity contribution in [2.45, 2.75) is 6.36 Å². The summed E-state index contributed by atoms with van der Waals surface area (Å²) in [4.78, 5) is 12.2. The van der Waals surface area contributed by atoms with Gasteiger partial charge in [0.25, 0.3) is 0 Å². The van der Waals surface area contributed by atoms with Crippen LogP contribution in [0.4, 0.5) is 23.7 Å². The van der Waals surface area contributed by atoms with E-state index >= 15 is 0 Å². The Morgan fingerprint density at radius 2 is 2.11 bits per heavy atom. The highest BCUT2D eigenvalue weighted by atomic mass is 79.9. The number of rotatable bonds is 6. The lowest BCUT2D eigenvalue weighted by Crippen LogP contribution is -2.30. The first-order valence-electron chi connectivity index (χ1n) is 7.74. The molecule has 148 valence electrons. The molecule has 1 heterocycles. The van der Waals surface area contributed by atoms with E-state index in [1.807, 2.05) is 6.07 Å². The normalized spacial score (nSPS) is 11.7. The lowest BCUT2D eigenvalue weighted by Gasteiger charge is -2.15. The van der Waals surface area contributed by atoms with E-state index in [1.165, 1.54) is 6.08 Å². The molecular formula is C18H16BrF3N4O2. The van der Waals surface area contributed by atoms with Crippen molar-refractivity contribution < 1.29 is 22.7 Å². The molecule has 28 heavy (non-hydrogen) atoms. The number of aryl methyl sites for hydroxylation is 1. The quantitative estimate of drug-likeness (QED) is 0.469. The zero-order valence-electron chi connectivity index (χ0n) is 14.7. The summed E-state index contributed by atoms with van der Waals surface area (Å²) >= 11 is 3.40. The molecule has 10 heteroatoms. The summed E-state index contributed by atoms with van der Waals surface area (Å²) in [5, 5.41) is 8.93. The molecule has 0 aliphatic carbocycles. The summed E-state index contributed by atoms with van der Waals surface area (Å²) in [6.07, 6.45) is -0.959. The molecule has 2 amide bonds. The summed E-state index contributed by atoms with van der Waals surface area (Å²) in [5.41, 5.74) is 1.71. The zero-order valence-corrected chi connectivity index (χ0v) is 16.3. The minimum atomic E-state index is -4.93. The maximum atomic E-state index is 12.4. The van der Waals surface area contributed by atoms with Gasteiger partial charge in [-0.05, 0) is 34.1 Å². The number of hydrogen-bond acceptors (Lipinski definition) is 3. The summed E-state index contributed by atoms with van der Waals surface area (Å²) in [6.45, 7) is 6.56. The Balaban J connectivity index is 2.14. The number of nitrogens with one attached hydrogen (secondary N) is 2. The van der Waals surface area contributed by atoms with Gasteiger partial charge in [-0.3, -0.25) is 4.68 Å². The molecule has 1 aromatic heterocycles. The molecule has 0 saturated heterocycles. The van der Waals surface area contributed by atoms with Crippen LogP contribution in [0.15, 0.2) is 71.7 Å². The third-order valence-electron chi connectivity index (χ3n) is 3.36. The Labute approximate surface area is 167 Å². The van der Waals surface area contributed by atoms with Crippen LogP contribution < -0.4 is 10.6 Å². The van der Waals surface area contributed by atoms with Crippen LogP contribution in [-0.4, -0.2) is 22.2 Å². The van der Waals surface area contributed by atoms with Crippen LogP contribution in [0.5, 0.6) is 0 Å². The second kappa shape index (κ2) is 8.79. The van der Waals surface area contributed by atoms with Crippen LogP contribution in [0.25, 0.3) is 11.3 Å². The van der Waals surface area contributed by atoms with E-state index in [9.17, 15) is 18.0 Å². The van der Waals surface area contributed by atoms with Crippen molar-refractivity contribution >= 4 is 27.6 Å². The third-order valence-corrected chi connectivity index (χ3v) is 3.94. The highest BCUT2D eigenvalue weighted by Crippen LogP contribution is 2.29. The van der Waals surface area contributed by atoms with Crippen LogP contribution in [0.3, 0.4) is 0 Å². The van der Waals surface area contributed by atoms with Crippen molar-refractivity contribution in [2.24, 2.45) is 7.05 Å². The second-order valence-corrected chi connectivity index (χ2v) is 6.27. The minimum absolute atomic E-state index is 0.282. The minimum Gasteiger partial charge on any atom is -0.404 e. The zero-order chi connectivity index (χ0) is 20.9. The van der Waals surface area contributed by atoms with Gasteiger partial charge < -0.3 is 15.4 Å². The van der Waals surface area contributed by atoms with Gasteiger partial charge in [-0.1, -0.05) is 31.4 Å². The Hall–Kier alpha value is -3.01. The van der Waals surface area contributed by atoms with Crippen LogP contribution >= 0.6 is 15.9 Å². The van der Waals surface area contributed by atoms with Gasteiger partial charge in [0.2, 0.25) is 0 Å². The van der Waals surface area contributed by atoms with Gasteiger partial charge in [0.05, 0.1) is 22.1 Å². The van der Waals surface area contributed by atoms with E-state index in [1.54, 1.807) is 36.1 Å². The van der Waals surface area contributed by atoms with Gasteiger partial charge >= 0.3 is 12.4 Å². The van der Waals surface area contributed by atoms with Crippen molar-refractivity contribution in [3.05, 3.63) is 71.7 Å². The van der Waals surface area contributed by atoms with E-state index in [4.69, 9.17) is 0 Å². The number of amides is 2. The molecule has 0 aliphatic rings. The van der Waals surface area contributed by atoms with Crippen LogP contribution in [0, 0.1) is 0 Å². The number of alkyl halides is 3. The second-order valence-electron chi connectivity index (χ2n) is 5.41. The highest BCUT2D eigenvalue weighted by molar-refractivity contribution is 9.10. The maximum Gasteiger partial charge on any atom is 0.573 e. The third kappa shape index (κ3) is 5.74. The highest BCUT2D eigenvalue weighted by Gasteiger charge is 2.32. The molecule has 2 rings (SSSR count). The van der Waals surface area contributed by atoms with Gasteiger partial charge in [0.15, 0.2) is 0 Å². The predicted molar refractivity (Wildman–Crippen MR) is 103 cm³/mol. The van der Waals surface area contributed by atoms with E-state index < -0.39 is 18.2 Å². The van der Waals surface area contributed by atoms with E-state index in [0.29, 0.717) is 5.69 Å². The molecule has 0 fully saturated rings. The number of urea groups is 1. The summed E-state index contributed by atoms with van der Waals surface area (Å²) in [6, 6.07) is 6.09. The number of hydrogen-bond donors (Lipinski definition) is 2. The molecule has 0 saturated carbocycles. The summed E-state index contributed by atoms with van der Waals surface area (Å²) in [7, 11) is 1.77. The lowest BCUT2D eigenvalue weighted by molar-refractivity contribution is -0.303. The topological polar surface area (TPSA) is 68.2 Å². The molecule has 0 atom stereocenters. The van der Waals surface area contributed by atoms with Crippen molar-refractivity contribution in [3.8, 4) is 11.3 Å². The number of anilines is 1. The van der Waals surface area contributed by atoms with Gasteiger partial charge in [-0.2, -0.15) is 5.10 Å². The smallest absolute Gasteiger partial charge is 0.404 e. The van der Waals surface area contributed by atoms with E-state index in [-0.39, 0.29) is 5.70 Å². The van der Waals surface area contributed by atoms with Crippen LogP contribution in [0.2, 0.25) is 0 Å². The molecular weight excluding hydrogens is 441 g/mol. The molecule has 2 aromatic rings. The fourth-order valence-corrected chi connectivity index (χ4v) is 2.86. The van der Waals surface area contributed by atoms with Gasteiger partial charge in [0.1, 0.15) is 5.76 Å². The van der Waals surface area contributed by atoms with Crippen molar-refractivity contribution in [1.82, 2.24) is 15.1 Å². The number of nitrogens with zero attached hydrogens (tertiary/aromatic N) is 2. The Bertz CT molecular complexity index is 916. The maximum absolute atomic E-state index is 12.4. The Morgan fingerprint density at radius 3 is 2.68 bits per heavy atom. The van der Waals surface area contributed by atoms with Crippen molar-refractivity contribution in [3.63, 3.8) is 0 Å². The number of aromatic nitrogens is 2. The molecule has 0 unspecified atom stereocenters. The molecule has 2 N–H and O–H groups in total. The first-order valence-corrected chi connectivity index (χ1v) is 8.53. The average Bonchev–Trinajstić information content (AvgIpc) is 2.91. The molecule has 6 nitrogen and oxygen atoms in total. The number of carbonyl (C=O) groups is 1. The first-order chi connectivity index (χ1) is 13.1. The van der Waals surface area contributed by atoms with Gasteiger partial charge in [-0.15, -0.1) is 13.2 Å². The molecule has 0 bridgehead atoms. The largest absolute Gasteiger partial charge is 0.573 e. The summed E-state index contributed by atoms with van der Waals surface area (Å²) < 4.78 is 43.2. The SMILES string of the molecule is C=C/C=C(/NC(=O)Nc1cccc(-c2c(Br)cnn2C)c1)C(=C)OC(F)(F)F. The van der Waals surface area contributed by atoms with E-state index in [2.05, 4.69) is 49.6 Å². The Kier molecular flexibility index (Phi) is 6.68. The molecule has 0 spiro atoms. The van der Waals surface area contributed by atoms with Crippen molar-refractivity contribution in [1.29, 1.82) is 0 Å². The van der Waals surface area contributed by atoms with Gasteiger partial charge in [-0.25, -0.2) is 4.79 Å². The van der Waals surface area contributed by atoms with Crippen LogP contribution in [0.1, 0.15) is 0 Å². The number of carbonyl (C=O) groups excluding carboxylic acids is 1. The van der Waals surface area contributed by atoms with Gasteiger partial charge in [0, 0.05) is 18.3 Å². The molecule has 0 radical (unpaired) electrons. The lowest BCUT2D eigenvalue weighted by atomic mass is 10.1. The number of benzene rings is 1. The number of ether oxygens (including phenoxy) is 1. The standard InChI is InChI=1S/C18H16BrF3N4O2/c1-4-6-15(11(2)28-18(20,21)22)25-17(27)24-13-8-5-7-12(9-13)16-14(19)10-23-26(16)3/h4-10H,1-2H2,3H3,(H2,24,25,27)/b15-6+. The Morgan fingerprint density at radius 1 is 1.39 bits per heavy atom. The monoisotopic (exact) mass is 456 g/mol. The van der Waals surface area contributed by atoms with E-state index in [0.717, 1.165) is 21.8 Å². The number of allylic oxidation sites excluding steroid dienone is 2. The van der Waals surface area contributed by atoms with Crippen LogP contribution in [-0.2, 0) is 11.8 Å².